The van der Waals surface area contributed by atoms with Crippen molar-refractivity contribution in [2.75, 3.05) is 24.9 Å². The molecule has 0 radical (unpaired) electrons. The molecule has 2 aromatic rings. The highest BCUT2D eigenvalue weighted by molar-refractivity contribution is 7.17. The zero-order valence-electron chi connectivity index (χ0n) is 28.2. The second-order valence-electron chi connectivity index (χ2n) is 13.9. The van der Waals surface area contributed by atoms with Gasteiger partial charge >= 0.3 is 11.9 Å². The minimum atomic E-state index is -0.431. The van der Waals surface area contributed by atoms with E-state index in [1.54, 1.807) is 0 Å². The summed E-state index contributed by atoms with van der Waals surface area (Å²) in [5.74, 6) is -0.328. The summed E-state index contributed by atoms with van der Waals surface area (Å²) in [7, 11) is 2.73. The average Bonchev–Trinajstić information content (AvgIpc) is 3.56. The lowest BCUT2D eigenvalue weighted by atomic mass is 9.69. The lowest BCUT2D eigenvalue weighted by Crippen LogP contribution is -2.28. The van der Waals surface area contributed by atoms with E-state index in [4.69, 9.17) is 9.47 Å². The third-order valence-electron chi connectivity index (χ3n) is 10.7. The number of anilines is 2. The van der Waals surface area contributed by atoms with Crippen LogP contribution in [0, 0.1) is 22.7 Å². The van der Waals surface area contributed by atoms with Gasteiger partial charge in [0.15, 0.2) is 0 Å². The third kappa shape index (κ3) is 7.64. The van der Waals surface area contributed by atoms with Crippen molar-refractivity contribution in [3.05, 3.63) is 32.0 Å². The van der Waals surface area contributed by atoms with Gasteiger partial charge in [0.05, 0.1) is 25.3 Å². The molecular formula is C35H50N2O6S2. The number of rotatable bonds is 12. The van der Waals surface area contributed by atoms with Crippen molar-refractivity contribution in [2.45, 2.75) is 112 Å². The van der Waals surface area contributed by atoms with Gasteiger partial charge in [0.1, 0.15) is 10.0 Å². The predicted octanol–water partition coefficient (Wildman–Crippen LogP) is 8.21. The SMILES string of the molecule is CCC(C)(C)C1CCc2c(sc(NC(=O)CCCC(=O)Nc3sc4c(c3C(=O)OC)CCC(C(C)(C)CC)C4)c2C(=O)OC)C1. The highest BCUT2D eigenvalue weighted by Gasteiger charge is 2.37. The van der Waals surface area contributed by atoms with Gasteiger partial charge in [-0.1, -0.05) is 54.4 Å². The van der Waals surface area contributed by atoms with Gasteiger partial charge in [0.2, 0.25) is 11.8 Å². The van der Waals surface area contributed by atoms with E-state index in [9.17, 15) is 19.2 Å². The van der Waals surface area contributed by atoms with Crippen LogP contribution in [0.2, 0.25) is 0 Å². The van der Waals surface area contributed by atoms with Crippen LogP contribution in [0.4, 0.5) is 10.0 Å². The molecule has 2 unspecified atom stereocenters. The molecule has 2 amide bonds. The summed E-state index contributed by atoms with van der Waals surface area (Å²) in [6.07, 6.45) is 8.09. The third-order valence-corrected chi connectivity index (χ3v) is 13.0. The first-order chi connectivity index (χ1) is 21.3. The Morgan fingerprint density at radius 2 is 1.09 bits per heavy atom. The second-order valence-corrected chi connectivity index (χ2v) is 16.1. The van der Waals surface area contributed by atoms with E-state index in [-0.39, 0.29) is 35.5 Å². The molecule has 2 N–H and O–H groups in total. The van der Waals surface area contributed by atoms with E-state index in [0.717, 1.165) is 72.2 Å². The fraction of sp³-hybridized carbons (Fsp3) is 0.657. The first-order valence-corrected chi connectivity index (χ1v) is 17.9. The summed E-state index contributed by atoms with van der Waals surface area (Å²) in [5.41, 5.74) is 3.33. The normalized spacial score (nSPS) is 18.0. The van der Waals surface area contributed by atoms with Gasteiger partial charge in [-0.25, -0.2) is 9.59 Å². The van der Waals surface area contributed by atoms with Crippen molar-refractivity contribution in [3.63, 3.8) is 0 Å². The Balaban J connectivity index is 1.39. The largest absolute Gasteiger partial charge is 0.465 e. The summed E-state index contributed by atoms with van der Waals surface area (Å²) in [4.78, 5) is 53.8. The predicted molar refractivity (Wildman–Crippen MR) is 182 cm³/mol. The van der Waals surface area contributed by atoms with Crippen LogP contribution < -0.4 is 10.6 Å². The molecule has 2 aliphatic carbocycles. The number of hydrogen-bond acceptors (Lipinski definition) is 8. The number of fused-ring (bicyclic) bond motifs is 2. The zero-order chi connectivity index (χ0) is 33.1. The average molecular weight is 659 g/mol. The Hall–Kier alpha value is -2.72. The van der Waals surface area contributed by atoms with E-state index < -0.39 is 11.9 Å². The van der Waals surface area contributed by atoms with Crippen molar-refractivity contribution in [2.24, 2.45) is 22.7 Å². The van der Waals surface area contributed by atoms with Gasteiger partial charge in [-0.15, -0.1) is 22.7 Å². The summed E-state index contributed by atoms with van der Waals surface area (Å²) in [6, 6.07) is 0. The van der Waals surface area contributed by atoms with Crippen molar-refractivity contribution in [3.8, 4) is 0 Å². The quantitative estimate of drug-likeness (QED) is 0.222. The number of carbonyl (C=O) groups excluding carboxylic acids is 4. The van der Waals surface area contributed by atoms with E-state index in [0.29, 0.717) is 39.4 Å². The van der Waals surface area contributed by atoms with E-state index >= 15 is 0 Å². The summed E-state index contributed by atoms with van der Waals surface area (Å²) in [6.45, 7) is 13.6. The minimum absolute atomic E-state index is 0.126. The molecule has 0 aromatic carbocycles. The van der Waals surface area contributed by atoms with Gasteiger partial charge in [-0.05, 0) is 78.7 Å². The summed E-state index contributed by atoms with van der Waals surface area (Å²) >= 11 is 2.95. The minimum Gasteiger partial charge on any atom is -0.465 e. The molecule has 0 aliphatic heterocycles. The van der Waals surface area contributed by atoms with Crippen LogP contribution in [0.15, 0.2) is 0 Å². The molecule has 4 rings (SSSR count). The number of hydrogen-bond donors (Lipinski definition) is 2. The van der Waals surface area contributed by atoms with Gasteiger partial charge in [0, 0.05) is 22.6 Å². The van der Waals surface area contributed by atoms with Crippen molar-refractivity contribution in [1.82, 2.24) is 0 Å². The van der Waals surface area contributed by atoms with Crippen LogP contribution in [-0.2, 0) is 44.7 Å². The fourth-order valence-corrected chi connectivity index (χ4v) is 9.35. The molecule has 0 saturated carbocycles. The Morgan fingerprint density at radius 3 is 1.42 bits per heavy atom. The van der Waals surface area contributed by atoms with Crippen LogP contribution in [-0.4, -0.2) is 38.0 Å². The Bertz CT molecular complexity index is 1330. The van der Waals surface area contributed by atoms with Crippen LogP contribution in [0.25, 0.3) is 0 Å². The van der Waals surface area contributed by atoms with E-state index in [2.05, 4.69) is 52.2 Å². The second kappa shape index (κ2) is 14.4. The van der Waals surface area contributed by atoms with Gasteiger partial charge in [-0.3, -0.25) is 9.59 Å². The fourth-order valence-electron chi connectivity index (χ4n) is 6.68. The molecule has 2 atom stereocenters. The summed E-state index contributed by atoms with van der Waals surface area (Å²) < 4.78 is 10.2. The standard InChI is InChI=1S/C35H50N2O6S2/c1-9-34(3,4)20-14-16-22-24(18-20)44-30(28(22)32(40)42-7)36-26(38)12-11-13-27(39)37-31-29(33(41)43-8)23-17-15-21(19-25(23)45-31)35(5,6)10-2/h20-21H,9-19H2,1-8H3,(H,36,38)(H,37,39). The van der Waals surface area contributed by atoms with Gasteiger partial charge in [0.25, 0.3) is 0 Å². The van der Waals surface area contributed by atoms with Gasteiger partial charge in [-0.2, -0.15) is 0 Å². The molecule has 2 aromatic heterocycles. The number of carbonyl (C=O) groups is 4. The number of nitrogens with one attached hydrogen (secondary N) is 2. The molecule has 0 bridgehead atoms. The van der Waals surface area contributed by atoms with Crippen LogP contribution in [0.5, 0.6) is 0 Å². The van der Waals surface area contributed by atoms with Crippen molar-refractivity contribution >= 4 is 56.4 Å². The van der Waals surface area contributed by atoms with E-state index in [1.807, 2.05) is 0 Å². The molecule has 10 heteroatoms. The highest BCUT2D eigenvalue weighted by Crippen LogP contribution is 2.47. The smallest absolute Gasteiger partial charge is 0.341 e. The number of ether oxygens (including phenoxy) is 2. The molecule has 2 aliphatic rings. The number of methoxy groups -OCH3 is 2. The topological polar surface area (TPSA) is 111 Å². The first kappa shape index (κ1) is 35.1. The molecule has 0 fully saturated rings. The molecule has 2 heterocycles. The Labute approximate surface area is 276 Å². The van der Waals surface area contributed by atoms with Crippen LogP contribution in [0.1, 0.15) is 128 Å². The maximum atomic E-state index is 13.0. The summed E-state index contributed by atoms with van der Waals surface area (Å²) in [5, 5.41) is 6.96. The lowest BCUT2D eigenvalue weighted by Gasteiger charge is -2.36. The number of esters is 2. The number of thiophene rings is 2. The molecule has 0 spiro atoms. The molecule has 248 valence electrons. The molecule has 45 heavy (non-hydrogen) atoms. The van der Waals surface area contributed by atoms with Crippen molar-refractivity contribution in [1.29, 1.82) is 0 Å². The highest BCUT2D eigenvalue weighted by atomic mass is 32.1. The Morgan fingerprint density at radius 1 is 0.711 bits per heavy atom. The molecule has 8 nitrogen and oxygen atoms in total. The Kier molecular flexibility index (Phi) is 11.2. The maximum absolute atomic E-state index is 13.0. The van der Waals surface area contributed by atoms with Gasteiger partial charge < -0.3 is 20.1 Å². The zero-order valence-corrected chi connectivity index (χ0v) is 29.8. The van der Waals surface area contributed by atoms with Crippen molar-refractivity contribution < 1.29 is 28.7 Å². The van der Waals surface area contributed by atoms with Crippen LogP contribution in [0.3, 0.4) is 0 Å². The molecular weight excluding hydrogens is 609 g/mol. The maximum Gasteiger partial charge on any atom is 0.341 e. The number of amides is 2. The lowest BCUT2D eigenvalue weighted by molar-refractivity contribution is -0.117. The molecule has 0 saturated heterocycles. The van der Waals surface area contributed by atoms with E-state index in [1.165, 1.54) is 36.9 Å². The first-order valence-electron chi connectivity index (χ1n) is 16.3. The van der Waals surface area contributed by atoms with Crippen LogP contribution >= 0.6 is 22.7 Å². The monoisotopic (exact) mass is 658 g/mol.